The molecule has 0 N–H and O–H groups in total. The van der Waals surface area contributed by atoms with Gasteiger partial charge in [0.2, 0.25) is 0 Å². The van der Waals surface area contributed by atoms with E-state index in [2.05, 4.69) is 94.2 Å². The van der Waals surface area contributed by atoms with Crippen molar-refractivity contribution in [3.05, 3.63) is 211 Å². The molecule has 0 unspecified atom stereocenters. The third-order valence-electron chi connectivity index (χ3n) is 12.2. The normalized spacial score (nSPS) is 11.2. The average molecular weight is 916 g/mol. The van der Waals surface area contributed by atoms with Gasteiger partial charge in [0, 0.05) is 121 Å². The summed E-state index contributed by atoms with van der Waals surface area (Å²) >= 11 is 0. The summed E-state index contributed by atoms with van der Waals surface area (Å²) < 4.78 is 28.4. The maximum Gasteiger partial charge on any atom is 0.138 e. The summed E-state index contributed by atoms with van der Waals surface area (Å²) in [6, 6.07) is 44.1. The number of hydrogen-bond donors (Lipinski definition) is 0. The number of fused-ring (bicyclic) bond motifs is 15. The van der Waals surface area contributed by atoms with Crippen LogP contribution in [0.1, 0.15) is 28.1 Å². The Morgan fingerprint density at radius 3 is 1.53 bits per heavy atom. The van der Waals surface area contributed by atoms with Gasteiger partial charge in [0.25, 0.3) is 0 Å². The largest absolute Gasteiger partial charge is 0.456 e. The van der Waals surface area contributed by atoms with Crippen molar-refractivity contribution in [1.29, 1.82) is 0 Å². The molecule has 0 amide bonds. The third kappa shape index (κ3) is 8.43. The summed E-state index contributed by atoms with van der Waals surface area (Å²) in [5, 5.41) is 11.2. The van der Waals surface area contributed by atoms with Gasteiger partial charge in [-0.25, -0.2) is 0 Å². The number of para-hydroxylation sites is 2. The van der Waals surface area contributed by atoms with Crippen LogP contribution < -0.4 is 0 Å². The standard InChI is InChI=1S/5C12H9NO/c1-8-2-3-11-9(6-8)10-7-13-5-4-12(10)14-11;1-8-2-3-9-10-7-13-5-4-11(10)14-12(9)6-8;1-8-3-2-4-11-12(8)9-7-13-6-5-10(9)14-11;1-8-6-12-10(7-13-8)9-4-2-3-5-11(9)14-12;1-8-12-9-4-2-3-5-10(9)14-11(12)6-7-13-8/h5*2-7H,1H3. The summed E-state index contributed by atoms with van der Waals surface area (Å²) in [6.07, 6.45) is 14.4. The molecule has 10 heterocycles. The van der Waals surface area contributed by atoms with Gasteiger partial charge in [0.15, 0.2) is 0 Å². The highest BCUT2D eigenvalue weighted by atomic mass is 16.3. The predicted octanol–water partition coefficient (Wildman–Crippen LogP) is 16.4. The second kappa shape index (κ2) is 18.5. The van der Waals surface area contributed by atoms with Gasteiger partial charge in [-0.1, -0.05) is 72.3 Å². The summed E-state index contributed by atoms with van der Waals surface area (Å²) in [5.41, 5.74) is 14.9. The molecule has 10 nitrogen and oxygen atoms in total. The van der Waals surface area contributed by atoms with E-state index in [1.165, 1.54) is 22.1 Å². The van der Waals surface area contributed by atoms with Gasteiger partial charge in [-0.2, -0.15) is 0 Å². The van der Waals surface area contributed by atoms with Crippen LogP contribution in [0, 0.1) is 34.6 Å². The number of pyridine rings is 5. The Morgan fingerprint density at radius 2 is 0.786 bits per heavy atom. The molecule has 340 valence electrons. The van der Waals surface area contributed by atoms with E-state index in [-0.39, 0.29) is 0 Å². The van der Waals surface area contributed by atoms with Crippen LogP contribution in [-0.2, 0) is 0 Å². The third-order valence-corrected chi connectivity index (χ3v) is 12.2. The lowest BCUT2D eigenvalue weighted by molar-refractivity contribution is 0.667. The maximum atomic E-state index is 5.69. The van der Waals surface area contributed by atoms with Crippen LogP contribution in [0.15, 0.2) is 205 Å². The number of hydrogen-bond acceptors (Lipinski definition) is 10. The fraction of sp³-hybridized carbons (Fsp3) is 0.0833. The van der Waals surface area contributed by atoms with Crippen molar-refractivity contribution >= 4 is 110 Å². The van der Waals surface area contributed by atoms with Crippen LogP contribution in [-0.4, -0.2) is 24.9 Å². The van der Waals surface area contributed by atoms with Crippen molar-refractivity contribution in [3.63, 3.8) is 0 Å². The Bertz CT molecular complexity index is 4110. The summed E-state index contributed by atoms with van der Waals surface area (Å²) in [6.45, 7) is 10.2. The van der Waals surface area contributed by atoms with Gasteiger partial charge in [0.1, 0.15) is 55.8 Å². The highest BCUT2D eigenvalue weighted by molar-refractivity contribution is 6.08. The Hall–Kier alpha value is -9.15. The predicted molar refractivity (Wildman–Crippen MR) is 281 cm³/mol. The van der Waals surface area contributed by atoms with E-state index in [1.807, 2.05) is 124 Å². The van der Waals surface area contributed by atoms with E-state index in [9.17, 15) is 0 Å². The van der Waals surface area contributed by atoms with Crippen molar-refractivity contribution in [2.45, 2.75) is 34.6 Å². The summed E-state index contributed by atoms with van der Waals surface area (Å²) in [5.74, 6) is 0. The zero-order valence-electron chi connectivity index (χ0n) is 39.1. The fourth-order valence-corrected chi connectivity index (χ4v) is 8.86. The van der Waals surface area contributed by atoms with Crippen LogP contribution in [0.25, 0.3) is 110 Å². The molecule has 0 saturated carbocycles. The van der Waals surface area contributed by atoms with E-state index >= 15 is 0 Å². The average Bonchev–Trinajstić information content (AvgIpc) is 4.21. The van der Waals surface area contributed by atoms with Crippen molar-refractivity contribution in [2.75, 3.05) is 0 Å². The first-order valence-electron chi connectivity index (χ1n) is 22.9. The van der Waals surface area contributed by atoms with Crippen LogP contribution in [0.5, 0.6) is 0 Å². The zero-order chi connectivity index (χ0) is 47.7. The molecule has 0 atom stereocenters. The summed E-state index contributed by atoms with van der Waals surface area (Å²) in [7, 11) is 0. The van der Waals surface area contributed by atoms with Gasteiger partial charge in [-0.15, -0.1) is 0 Å². The van der Waals surface area contributed by atoms with Crippen molar-refractivity contribution in [1.82, 2.24) is 24.9 Å². The van der Waals surface area contributed by atoms with E-state index in [0.717, 1.165) is 116 Å². The number of furan rings is 5. The molecular weight excluding hydrogens is 871 g/mol. The number of benzene rings is 5. The van der Waals surface area contributed by atoms with Gasteiger partial charge in [0.05, 0.1) is 0 Å². The molecule has 0 radical (unpaired) electrons. The van der Waals surface area contributed by atoms with E-state index in [1.54, 1.807) is 24.8 Å². The lowest BCUT2D eigenvalue weighted by Gasteiger charge is -1.92. The van der Waals surface area contributed by atoms with E-state index < -0.39 is 0 Å². The van der Waals surface area contributed by atoms with Gasteiger partial charge in [-0.3, -0.25) is 24.9 Å². The monoisotopic (exact) mass is 915 g/mol. The molecule has 0 bridgehead atoms. The smallest absolute Gasteiger partial charge is 0.138 e. The van der Waals surface area contributed by atoms with Crippen LogP contribution >= 0.6 is 0 Å². The van der Waals surface area contributed by atoms with Gasteiger partial charge in [-0.05, 0) is 106 Å². The zero-order valence-corrected chi connectivity index (χ0v) is 39.1. The lowest BCUT2D eigenvalue weighted by atomic mass is 10.1. The maximum absolute atomic E-state index is 5.69. The summed E-state index contributed by atoms with van der Waals surface area (Å²) in [4.78, 5) is 20.9. The van der Waals surface area contributed by atoms with Crippen molar-refractivity contribution in [3.8, 4) is 0 Å². The molecule has 0 aliphatic heterocycles. The number of rotatable bonds is 0. The fourth-order valence-electron chi connectivity index (χ4n) is 8.86. The molecule has 0 aliphatic carbocycles. The minimum absolute atomic E-state index is 0.903. The van der Waals surface area contributed by atoms with Gasteiger partial charge >= 0.3 is 0 Å². The molecule has 70 heavy (non-hydrogen) atoms. The Kier molecular flexibility index (Phi) is 11.5. The van der Waals surface area contributed by atoms with Crippen LogP contribution in [0.2, 0.25) is 0 Å². The van der Waals surface area contributed by atoms with Crippen molar-refractivity contribution < 1.29 is 22.1 Å². The highest BCUT2D eigenvalue weighted by Gasteiger charge is 2.11. The van der Waals surface area contributed by atoms with E-state index in [0.29, 0.717) is 0 Å². The Balaban J connectivity index is 0.0000000952. The van der Waals surface area contributed by atoms with Crippen LogP contribution in [0.3, 0.4) is 0 Å². The molecular formula is C60H45N5O5. The quantitative estimate of drug-likeness (QED) is 0.145. The molecule has 10 aromatic heterocycles. The highest BCUT2D eigenvalue weighted by Crippen LogP contribution is 2.33. The van der Waals surface area contributed by atoms with Crippen molar-refractivity contribution in [2.24, 2.45) is 0 Å². The van der Waals surface area contributed by atoms with Crippen LogP contribution in [0.4, 0.5) is 0 Å². The molecule has 0 aliphatic rings. The first-order chi connectivity index (χ1) is 34.3. The minimum atomic E-state index is 0.903. The number of nitrogens with zero attached hydrogens (tertiary/aromatic N) is 5. The molecule has 0 fully saturated rings. The SMILES string of the molecule is Cc1cc2oc3ccccc3c2cn1.Cc1ccc2c(c1)oc1ccncc12.Cc1ccc2oc3ccncc3c2c1.Cc1cccc2oc3ccncc3c12.Cc1nccc2oc3ccccc3c12. The Labute approximate surface area is 400 Å². The molecule has 15 aromatic rings. The first-order valence-corrected chi connectivity index (χ1v) is 22.9. The lowest BCUT2D eigenvalue weighted by Crippen LogP contribution is -1.78. The minimum Gasteiger partial charge on any atom is -0.456 e. The first kappa shape index (κ1) is 43.4. The second-order valence-electron chi connectivity index (χ2n) is 17.2. The molecule has 10 heteroatoms. The molecule has 15 rings (SSSR count). The second-order valence-corrected chi connectivity index (χ2v) is 17.2. The topological polar surface area (TPSA) is 130 Å². The number of aromatic nitrogens is 5. The molecule has 0 saturated heterocycles. The molecule has 5 aromatic carbocycles. The van der Waals surface area contributed by atoms with E-state index in [4.69, 9.17) is 22.1 Å². The Morgan fingerprint density at radius 1 is 0.300 bits per heavy atom. The number of aryl methyl sites for hydroxylation is 5. The molecule has 0 spiro atoms. The van der Waals surface area contributed by atoms with Gasteiger partial charge < -0.3 is 22.1 Å².